The lowest BCUT2D eigenvalue weighted by Crippen LogP contribution is -2.18. The van der Waals surface area contributed by atoms with Gasteiger partial charge in [-0.05, 0) is 12.0 Å². The third-order valence-electron chi connectivity index (χ3n) is 2.70. The molecule has 0 fully saturated rings. The van der Waals surface area contributed by atoms with Crippen LogP contribution in [0.2, 0.25) is 0 Å². The lowest BCUT2D eigenvalue weighted by Gasteiger charge is -2.21. The highest BCUT2D eigenvalue weighted by molar-refractivity contribution is 7.71. The van der Waals surface area contributed by atoms with E-state index in [1.54, 1.807) is 11.6 Å². The molecular weight excluding hydrogens is 210 g/mol. The van der Waals surface area contributed by atoms with E-state index in [-0.39, 0.29) is 0 Å². The number of ether oxygens (including phenoxy) is 1. The summed E-state index contributed by atoms with van der Waals surface area (Å²) >= 11 is 5.27. The van der Waals surface area contributed by atoms with Gasteiger partial charge in [0, 0.05) is 12.6 Å². The number of fused-ring (bicyclic) bond motifs is 1. The van der Waals surface area contributed by atoms with Gasteiger partial charge < -0.3 is 15.0 Å². The van der Waals surface area contributed by atoms with Crippen molar-refractivity contribution in [2.75, 3.05) is 12.3 Å². The summed E-state index contributed by atoms with van der Waals surface area (Å²) in [7, 11) is 1.77. The molecule has 78 valence electrons. The molecule has 0 spiro atoms. The lowest BCUT2D eigenvalue weighted by molar-refractivity contribution is 0.109. The van der Waals surface area contributed by atoms with Crippen LogP contribution in [0.15, 0.2) is 0 Å². The van der Waals surface area contributed by atoms with Crippen LogP contribution >= 0.6 is 12.2 Å². The Morgan fingerprint density at radius 1 is 1.53 bits per heavy atom. The second kappa shape index (κ2) is 3.65. The normalized spacial score (nSPS) is 14.4. The standard InChI is InChI=1S/C10H11N3OS/c1-13-9(12)7(4-11)6-2-3-14-5-8(6)10(13)15/h2-3,5,12H2,1H3. The molecule has 0 aromatic carbocycles. The van der Waals surface area contributed by atoms with Gasteiger partial charge in [-0.25, -0.2) is 0 Å². The first kappa shape index (κ1) is 10.1. The average Bonchev–Trinajstić information content (AvgIpc) is 2.27. The summed E-state index contributed by atoms with van der Waals surface area (Å²) in [5.41, 5.74) is 8.29. The van der Waals surface area contributed by atoms with Gasteiger partial charge in [0.25, 0.3) is 0 Å². The number of nitrogen functional groups attached to an aromatic ring is 1. The SMILES string of the molecule is Cn1c(N)c(C#N)c2c(c1=S)COCC2. The summed E-state index contributed by atoms with van der Waals surface area (Å²) in [4.78, 5) is 0. The topological polar surface area (TPSA) is 64.0 Å². The van der Waals surface area contributed by atoms with E-state index in [2.05, 4.69) is 6.07 Å². The van der Waals surface area contributed by atoms with E-state index in [1.165, 1.54) is 0 Å². The maximum Gasteiger partial charge on any atom is 0.122 e. The maximum atomic E-state index is 9.07. The third kappa shape index (κ3) is 1.42. The Morgan fingerprint density at radius 2 is 2.27 bits per heavy atom. The molecule has 1 aromatic heterocycles. The first-order chi connectivity index (χ1) is 7.16. The number of nitrogens with two attached hydrogens (primary N) is 1. The van der Waals surface area contributed by atoms with Gasteiger partial charge in [-0.1, -0.05) is 12.2 Å². The zero-order valence-corrected chi connectivity index (χ0v) is 9.23. The van der Waals surface area contributed by atoms with E-state index in [1.807, 2.05) is 0 Å². The second-order valence-electron chi connectivity index (χ2n) is 3.50. The minimum absolute atomic E-state index is 0.447. The van der Waals surface area contributed by atoms with Crippen LogP contribution in [0, 0.1) is 16.0 Å². The molecule has 0 radical (unpaired) electrons. The van der Waals surface area contributed by atoms with Crippen molar-refractivity contribution in [2.45, 2.75) is 13.0 Å². The first-order valence-corrected chi connectivity index (χ1v) is 5.05. The molecule has 2 heterocycles. The molecule has 1 aromatic rings. The van der Waals surface area contributed by atoms with E-state index in [0.717, 1.165) is 11.1 Å². The number of hydrogen-bond acceptors (Lipinski definition) is 4. The van der Waals surface area contributed by atoms with Crippen LogP contribution < -0.4 is 5.73 Å². The van der Waals surface area contributed by atoms with Crippen LogP contribution in [0.1, 0.15) is 16.7 Å². The number of anilines is 1. The predicted molar refractivity (Wildman–Crippen MR) is 58.7 cm³/mol. The highest BCUT2D eigenvalue weighted by atomic mass is 32.1. The van der Waals surface area contributed by atoms with Crippen molar-refractivity contribution in [3.8, 4) is 6.07 Å². The van der Waals surface area contributed by atoms with Crippen LogP contribution in [-0.2, 0) is 24.8 Å². The number of aromatic nitrogens is 1. The number of pyridine rings is 1. The van der Waals surface area contributed by atoms with Crippen molar-refractivity contribution in [3.63, 3.8) is 0 Å². The highest BCUT2D eigenvalue weighted by Gasteiger charge is 2.19. The Kier molecular flexibility index (Phi) is 2.47. The molecule has 0 amide bonds. The van der Waals surface area contributed by atoms with E-state index < -0.39 is 0 Å². The van der Waals surface area contributed by atoms with Gasteiger partial charge in [0.15, 0.2) is 0 Å². The Bertz CT molecular complexity index is 513. The molecule has 0 aliphatic carbocycles. The first-order valence-electron chi connectivity index (χ1n) is 4.65. The lowest BCUT2D eigenvalue weighted by atomic mass is 10.00. The van der Waals surface area contributed by atoms with Crippen molar-refractivity contribution < 1.29 is 4.74 Å². The molecule has 5 heteroatoms. The summed E-state index contributed by atoms with van der Waals surface area (Å²) in [6, 6.07) is 2.14. The van der Waals surface area contributed by atoms with Crippen molar-refractivity contribution in [1.29, 1.82) is 5.26 Å². The quantitative estimate of drug-likeness (QED) is 0.670. The van der Waals surface area contributed by atoms with Crippen LogP contribution in [-0.4, -0.2) is 11.2 Å². The molecule has 2 rings (SSSR count). The van der Waals surface area contributed by atoms with Crippen molar-refractivity contribution in [2.24, 2.45) is 7.05 Å². The molecule has 15 heavy (non-hydrogen) atoms. The zero-order valence-electron chi connectivity index (χ0n) is 8.41. The largest absolute Gasteiger partial charge is 0.384 e. The van der Waals surface area contributed by atoms with Crippen LogP contribution in [0.5, 0.6) is 0 Å². The molecular formula is C10H11N3OS. The van der Waals surface area contributed by atoms with Gasteiger partial charge in [-0.15, -0.1) is 0 Å². The Labute approximate surface area is 92.9 Å². The number of nitriles is 1. The molecule has 0 saturated carbocycles. The van der Waals surface area contributed by atoms with Gasteiger partial charge in [0.1, 0.15) is 16.5 Å². The molecule has 0 unspecified atom stereocenters. The Balaban J connectivity index is 2.84. The molecule has 0 bridgehead atoms. The minimum atomic E-state index is 0.447. The van der Waals surface area contributed by atoms with Crippen molar-refractivity contribution in [3.05, 3.63) is 21.3 Å². The van der Waals surface area contributed by atoms with Gasteiger partial charge in [-0.2, -0.15) is 5.26 Å². The fourth-order valence-electron chi connectivity index (χ4n) is 1.81. The minimum Gasteiger partial charge on any atom is -0.384 e. The van der Waals surface area contributed by atoms with Gasteiger partial charge in [0.05, 0.1) is 18.8 Å². The summed E-state index contributed by atoms with van der Waals surface area (Å²) in [6.45, 7) is 1.11. The van der Waals surface area contributed by atoms with Crippen LogP contribution in [0.25, 0.3) is 0 Å². The van der Waals surface area contributed by atoms with Crippen molar-refractivity contribution >= 4 is 18.0 Å². The van der Waals surface area contributed by atoms with E-state index in [9.17, 15) is 0 Å². The van der Waals surface area contributed by atoms with E-state index in [4.69, 9.17) is 28.0 Å². The molecule has 2 N–H and O–H groups in total. The molecule has 0 saturated heterocycles. The smallest absolute Gasteiger partial charge is 0.122 e. The third-order valence-corrected chi connectivity index (χ3v) is 3.22. The molecule has 4 nitrogen and oxygen atoms in total. The van der Waals surface area contributed by atoms with Crippen LogP contribution in [0.3, 0.4) is 0 Å². The number of rotatable bonds is 0. The molecule has 0 atom stereocenters. The van der Waals surface area contributed by atoms with Gasteiger partial charge >= 0.3 is 0 Å². The fraction of sp³-hybridized carbons (Fsp3) is 0.400. The van der Waals surface area contributed by atoms with Crippen molar-refractivity contribution in [1.82, 2.24) is 4.57 Å². The highest BCUT2D eigenvalue weighted by Crippen LogP contribution is 2.26. The Hall–Kier alpha value is -1.38. The van der Waals surface area contributed by atoms with Gasteiger partial charge in [0.2, 0.25) is 0 Å². The Morgan fingerprint density at radius 3 is 2.93 bits per heavy atom. The summed E-state index contributed by atoms with van der Waals surface area (Å²) in [5.74, 6) is 0.447. The molecule has 1 aliphatic rings. The summed E-state index contributed by atoms with van der Waals surface area (Å²) in [6.07, 6.45) is 0.715. The predicted octanol–water partition coefficient (Wildman–Crippen LogP) is 1.28. The van der Waals surface area contributed by atoms with Gasteiger partial charge in [-0.3, -0.25) is 0 Å². The van der Waals surface area contributed by atoms with Crippen LogP contribution in [0.4, 0.5) is 5.82 Å². The zero-order chi connectivity index (χ0) is 11.0. The number of nitrogens with zero attached hydrogens (tertiary/aromatic N) is 2. The van der Waals surface area contributed by atoms with E-state index >= 15 is 0 Å². The molecule has 1 aliphatic heterocycles. The second-order valence-corrected chi connectivity index (χ2v) is 3.88. The summed E-state index contributed by atoms with van der Waals surface area (Å²) < 4.78 is 7.68. The monoisotopic (exact) mass is 221 g/mol. The number of hydrogen-bond donors (Lipinski definition) is 1. The maximum absolute atomic E-state index is 9.07. The fourth-order valence-corrected chi connectivity index (χ4v) is 2.09. The van der Waals surface area contributed by atoms with E-state index in [0.29, 0.717) is 35.7 Å². The average molecular weight is 221 g/mol. The summed E-state index contributed by atoms with van der Waals surface area (Å²) in [5, 5.41) is 9.07.